The number of carbonyl (C=O) groups is 1. The van der Waals surface area contributed by atoms with E-state index in [0.717, 1.165) is 16.7 Å². The highest BCUT2D eigenvalue weighted by Gasteiger charge is 2.75. The average Bonchev–Trinajstić information content (AvgIpc) is 2.98. The van der Waals surface area contributed by atoms with Crippen LogP contribution in [0.4, 0.5) is 0 Å². The molecule has 0 bridgehead atoms. The Labute approximate surface area is 239 Å². The van der Waals surface area contributed by atoms with Crippen LogP contribution in [0.25, 0.3) is 0 Å². The summed E-state index contributed by atoms with van der Waals surface area (Å²) in [6, 6.07) is 37.9. The zero-order valence-electron chi connectivity index (χ0n) is 21.5. The van der Waals surface area contributed by atoms with E-state index in [1.54, 1.807) is 0 Å². The maximum atomic E-state index is 14.4. The second-order valence-corrected chi connectivity index (χ2v) is 11.2. The Balaban J connectivity index is 1.75. The zero-order chi connectivity index (χ0) is 27.5. The van der Waals surface area contributed by atoms with Crippen molar-refractivity contribution < 1.29 is 19.4 Å². The second-order valence-electron chi connectivity index (χ2n) is 9.86. The number of ketones is 1. The van der Waals surface area contributed by atoms with Crippen LogP contribution in [0.3, 0.4) is 0 Å². The molecule has 4 aromatic rings. The average molecular weight is 562 g/mol. The molecule has 0 saturated heterocycles. The number of halogens is 2. The third-order valence-corrected chi connectivity index (χ3v) is 8.76. The summed E-state index contributed by atoms with van der Waals surface area (Å²) in [7, 11) is 1.52. The maximum Gasteiger partial charge on any atom is 0.210 e. The molecule has 1 aliphatic carbocycles. The molecule has 5 rings (SSSR count). The molecule has 0 spiro atoms. The van der Waals surface area contributed by atoms with Gasteiger partial charge < -0.3 is 14.6 Å². The third kappa shape index (κ3) is 4.61. The first-order chi connectivity index (χ1) is 18.9. The summed E-state index contributed by atoms with van der Waals surface area (Å²) in [6.45, 7) is -0.165. The Morgan fingerprint density at radius 2 is 1.23 bits per heavy atom. The lowest BCUT2D eigenvalue weighted by molar-refractivity contribution is -0.234. The maximum absolute atomic E-state index is 14.4. The Bertz CT molecular complexity index is 1380. The molecule has 0 aromatic heterocycles. The van der Waals surface area contributed by atoms with Gasteiger partial charge in [0.2, 0.25) is 4.33 Å². The minimum Gasteiger partial charge on any atom is -0.380 e. The molecule has 0 aliphatic heterocycles. The molecule has 1 aliphatic rings. The van der Waals surface area contributed by atoms with Gasteiger partial charge in [-0.1, -0.05) is 145 Å². The molecule has 0 unspecified atom stereocenters. The van der Waals surface area contributed by atoms with Gasteiger partial charge in [0, 0.05) is 13.0 Å². The van der Waals surface area contributed by atoms with Crippen molar-refractivity contribution in [1.29, 1.82) is 0 Å². The number of Topliss-reactive ketones (excluding diaryl/α,β-unsaturated/α-hetero) is 1. The Morgan fingerprint density at radius 1 is 0.744 bits per heavy atom. The normalized spacial score (nSPS) is 26.3. The minimum absolute atomic E-state index is 0.188. The fourth-order valence-electron chi connectivity index (χ4n) is 5.97. The lowest BCUT2D eigenvalue weighted by Gasteiger charge is -2.60. The van der Waals surface area contributed by atoms with Gasteiger partial charge in [-0.3, -0.25) is 4.79 Å². The number of rotatable bonds is 8. The van der Waals surface area contributed by atoms with Crippen molar-refractivity contribution in [2.24, 2.45) is 0 Å². The van der Waals surface area contributed by atoms with Gasteiger partial charge in [0.15, 0.2) is 11.4 Å². The molecule has 4 atom stereocenters. The fourth-order valence-corrected chi connectivity index (χ4v) is 6.60. The molecule has 200 valence electrons. The smallest absolute Gasteiger partial charge is 0.210 e. The highest BCUT2D eigenvalue weighted by Crippen LogP contribution is 2.64. The van der Waals surface area contributed by atoms with Gasteiger partial charge in [-0.15, -0.1) is 0 Å². The second kappa shape index (κ2) is 11.2. The monoisotopic (exact) mass is 560 g/mol. The van der Waals surface area contributed by atoms with Gasteiger partial charge in [-0.25, -0.2) is 0 Å². The third-order valence-electron chi connectivity index (χ3n) is 7.76. The van der Waals surface area contributed by atoms with Gasteiger partial charge in [0.1, 0.15) is 5.60 Å². The van der Waals surface area contributed by atoms with Crippen molar-refractivity contribution in [2.75, 3.05) is 13.7 Å². The first kappa shape index (κ1) is 27.6. The highest BCUT2D eigenvalue weighted by molar-refractivity contribution is 6.60. The molecule has 1 saturated carbocycles. The molecule has 4 aromatic carbocycles. The fraction of sp³-hybridized carbons (Fsp3) is 0.242. The summed E-state index contributed by atoms with van der Waals surface area (Å²) < 4.78 is 10.3. The zero-order valence-corrected chi connectivity index (χ0v) is 23.1. The number of methoxy groups -OCH3 is 1. The van der Waals surface area contributed by atoms with Gasteiger partial charge >= 0.3 is 0 Å². The van der Waals surface area contributed by atoms with Crippen LogP contribution in [0, 0.1) is 0 Å². The van der Waals surface area contributed by atoms with Gasteiger partial charge in [0.05, 0.1) is 19.1 Å². The van der Waals surface area contributed by atoms with Crippen molar-refractivity contribution >= 4 is 29.0 Å². The first-order valence-corrected chi connectivity index (χ1v) is 13.6. The molecule has 1 fully saturated rings. The van der Waals surface area contributed by atoms with E-state index in [2.05, 4.69) is 0 Å². The number of hydrogen-bond donors (Lipinski definition) is 1. The van der Waals surface area contributed by atoms with Crippen LogP contribution in [0.15, 0.2) is 121 Å². The number of aliphatic hydroxyl groups is 1. The molecular formula is C33H30Cl2O4. The van der Waals surface area contributed by atoms with E-state index in [9.17, 15) is 9.90 Å². The highest BCUT2D eigenvalue weighted by atomic mass is 35.5. The van der Waals surface area contributed by atoms with Crippen LogP contribution in [-0.2, 0) is 26.5 Å². The standard InChI is InChI=1S/C33H30Cl2O4/c1-38-32(27-20-12-5-13-21-27)29(26-18-10-4-11-19-26)28(25-16-8-3-9-17-25)30(36)33(34,35)31(32,37)23-39-22-24-14-6-2-7-15-24/h2-21,28-29,37H,22-23H2,1H3/t28-,29+,31-,32+/m0/s1. The van der Waals surface area contributed by atoms with Crippen LogP contribution >= 0.6 is 23.2 Å². The minimum atomic E-state index is -2.28. The first-order valence-electron chi connectivity index (χ1n) is 12.8. The molecule has 39 heavy (non-hydrogen) atoms. The Morgan fingerprint density at radius 3 is 1.77 bits per heavy atom. The van der Waals surface area contributed by atoms with Gasteiger partial charge in [-0.2, -0.15) is 0 Å². The molecule has 1 N–H and O–H groups in total. The predicted molar refractivity (Wildman–Crippen MR) is 154 cm³/mol. The molecular weight excluding hydrogens is 531 g/mol. The lowest BCUT2D eigenvalue weighted by Crippen LogP contribution is -2.74. The number of ether oxygens (including phenoxy) is 2. The molecule has 4 nitrogen and oxygen atoms in total. The van der Waals surface area contributed by atoms with Gasteiger partial charge in [-0.05, 0) is 22.3 Å². The van der Waals surface area contributed by atoms with Crippen LogP contribution in [0.1, 0.15) is 34.1 Å². The van der Waals surface area contributed by atoms with Crippen molar-refractivity contribution in [2.45, 2.75) is 34.0 Å². The summed E-state index contributed by atoms with van der Waals surface area (Å²) >= 11 is 14.1. The lowest BCUT2D eigenvalue weighted by atomic mass is 9.54. The number of hydrogen-bond acceptors (Lipinski definition) is 4. The van der Waals surface area contributed by atoms with E-state index in [1.165, 1.54) is 7.11 Å². The summed E-state index contributed by atoms with van der Waals surface area (Å²) in [6.07, 6.45) is 0. The quantitative estimate of drug-likeness (QED) is 0.241. The summed E-state index contributed by atoms with van der Waals surface area (Å²) in [5, 5.41) is 12.8. The summed E-state index contributed by atoms with van der Waals surface area (Å²) in [5.74, 6) is -2.03. The Kier molecular flexibility index (Phi) is 7.95. The van der Waals surface area contributed by atoms with Crippen LogP contribution < -0.4 is 0 Å². The predicted octanol–water partition coefficient (Wildman–Crippen LogP) is 6.80. The van der Waals surface area contributed by atoms with E-state index >= 15 is 0 Å². The van der Waals surface area contributed by atoms with E-state index in [-0.39, 0.29) is 13.2 Å². The van der Waals surface area contributed by atoms with Crippen LogP contribution in [0.5, 0.6) is 0 Å². The summed E-state index contributed by atoms with van der Waals surface area (Å²) in [5.41, 5.74) is -0.697. The van der Waals surface area contributed by atoms with Gasteiger partial charge in [0.25, 0.3) is 0 Å². The van der Waals surface area contributed by atoms with E-state index in [1.807, 2.05) is 121 Å². The van der Waals surface area contributed by atoms with E-state index in [4.69, 9.17) is 32.7 Å². The van der Waals surface area contributed by atoms with Crippen molar-refractivity contribution in [3.8, 4) is 0 Å². The SMILES string of the molecule is CO[C@]1(c2ccccc2)[C@H](c2ccccc2)[C@H](c2ccccc2)C(=O)C(Cl)(Cl)[C@]1(O)COCc1ccccc1. The Hall–Kier alpha value is -2.99. The topological polar surface area (TPSA) is 55.8 Å². The van der Waals surface area contributed by atoms with Crippen molar-refractivity contribution in [3.63, 3.8) is 0 Å². The molecule has 0 heterocycles. The van der Waals surface area contributed by atoms with E-state index < -0.39 is 33.2 Å². The van der Waals surface area contributed by atoms with Crippen molar-refractivity contribution in [1.82, 2.24) is 0 Å². The molecule has 0 radical (unpaired) electrons. The van der Waals surface area contributed by atoms with Crippen molar-refractivity contribution in [3.05, 3.63) is 144 Å². The van der Waals surface area contributed by atoms with E-state index in [0.29, 0.717) is 5.56 Å². The van der Waals surface area contributed by atoms with Crippen LogP contribution in [0.2, 0.25) is 0 Å². The number of alkyl halides is 2. The van der Waals surface area contributed by atoms with Crippen LogP contribution in [-0.4, -0.2) is 34.5 Å². The summed E-state index contributed by atoms with van der Waals surface area (Å²) in [4.78, 5) is 14.4. The largest absolute Gasteiger partial charge is 0.380 e. The number of benzene rings is 4. The number of carbonyl (C=O) groups excluding carboxylic acids is 1. The molecule has 0 amide bonds. The molecule has 6 heteroatoms.